The lowest BCUT2D eigenvalue weighted by atomic mass is 9.92. The zero-order valence-electron chi connectivity index (χ0n) is 11.7. The summed E-state index contributed by atoms with van der Waals surface area (Å²) in [5.41, 5.74) is 3.40. The minimum atomic E-state index is -0.455. The minimum Gasteiger partial charge on any atom is -0.466 e. The average Bonchev–Trinajstić information content (AvgIpc) is 2.46. The third kappa shape index (κ3) is 3.95. The number of benzene rings is 1. The van der Waals surface area contributed by atoms with E-state index < -0.39 is 5.97 Å². The highest BCUT2D eigenvalue weighted by Gasteiger charge is 2.12. The molecule has 0 atom stereocenters. The number of hydrogen-bond donors (Lipinski definition) is 0. The Labute approximate surface area is 119 Å². The van der Waals surface area contributed by atoms with Crippen molar-refractivity contribution in [2.75, 3.05) is 7.11 Å². The van der Waals surface area contributed by atoms with Gasteiger partial charge in [0.1, 0.15) is 6.26 Å². The van der Waals surface area contributed by atoms with Crippen molar-refractivity contribution in [2.45, 2.75) is 32.1 Å². The molecule has 0 spiro atoms. The maximum Gasteiger partial charge on any atom is 0.333 e. The van der Waals surface area contributed by atoms with Crippen LogP contribution < -0.4 is 0 Å². The molecule has 0 fully saturated rings. The fourth-order valence-electron chi connectivity index (χ4n) is 2.28. The molecule has 1 aromatic rings. The van der Waals surface area contributed by atoms with Gasteiger partial charge in [-0.25, -0.2) is 4.79 Å². The summed E-state index contributed by atoms with van der Waals surface area (Å²) in [6.07, 6.45) is 7.95. The second kappa shape index (κ2) is 7.48. The van der Waals surface area contributed by atoms with E-state index in [-0.39, 0.29) is 0 Å². The second-order valence-electron chi connectivity index (χ2n) is 4.69. The van der Waals surface area contributed by atoms with Gasteiger partial charge in [0.2, 0.25) is 0 Å². The van der Waals surface area contributed by atoms with Crippen LogP contribution in [-0.2, 0) is 20.8 Å². The molecule has 0 saturated carbocycles. The molecule has 0 unspecified atom stereocenters. The normalized spacial score (nSPS) is 17.4. The zero-order valence-corrected chi connectivity index (χ0v) is 11.7. The van der Waals surface area contributed by atoms with Gasteiger partial charge in [0, 0.05) is 5.56 Å². The smallest absolute Gasteiger partial charge is 0.333 e. The highest BCUT2D eigenvalue weighted by molar-refractivity contribution is 6.01. The number of methoxy groups -OCH3 is 1. The molecule has 0 heterocycles. The van der Waals surface area contributed by atoms with E-state index in [1.54, 1.807) is 0 Å². The van der Waals surface area contributed by atoms with Crippen LogP contribution in [0.5, 0.6) is 0 Å². The van der Waals surface area contributed by atoms with Gasteiger partial charge >= 0.3 is 5.97 Å². The van der Waals surface area contributed by atoms with Crippen LogP contribution in [0.3, 0.4) is 0 Å². The van der Waals surface area contributed by atoms with Crippen molar-refractivity contribution in [2.24, 2.45) is 5.16 Å². The van der Waals surface area contributed by atoms with Crippen molar-refractivity contribution in [1.29, 1.82) is 0 Å². The molecule has 0 aromatic heterocycles. The molecule has 0 amide bonds. The number of esters is 1. The number of carbonyl (C=O) groups excluding carboxylic acids is 1. The fourth-order valence-corrected chi connectivity index (χ4v) is 2.28. The number of fused-ring (bicyclic) bond motifs is 1. The van der Waals surface area contributed by atoms with Crippen molar-refractivity contribution >= 4 is 11.7 Å². The topological polar surface area (TPSA) is 47.9 Å². The summed E-state index contributed by atoms with van der Waals surface area (Å²) < 4.78 is 4.48. The molecule has 1 aliphatic rings. The Hall–Kier alpha value is -2.10. The van der Waals surface area contributed by atoms with E-state index in [9.17, 15) is 4.79 Å². The Balaban J connectivity index is 2.13. The Morgan fingerprint density at radius 1 is 1.20 bits per heavy atom. The van der Waals surface area contributed by atoms with Crippen LogP contribution in [0.2, 0.25) is 0 Å². The molecule has 4 nitrogen and oxygen atoms in total. The second-order valence-corrected chi connectivity index (χ2v) is 4.69. The summed E-state index contributed by atoms with van der Waals surface area (Å²) >= 11 is 0. The maximum absolute atomic E-state index is 10.9. The Morgan fingerprint density at radius 3 is 2.85 bits per heavy atom. The molecular formula is C16H19NO3. The van der Waals surface area contributed by atoms with Gasteiger partial charge in [0.25, 0.3) is 0 Å². The summed E-state index contributed by atoms with van der Waals surface area (Å²) in [4.78, 5) is 16.0. The predicted molar refractivity (Wildman–Crippen MR) is 77.4 cm³/mol. The number of aryl methyl sites for hydroxylation is 1. The van der Waals surface area contributed by atoms with Crippen LogP contribution >= 0.6 is 0 Å². The molecule has 0 bridgehead atoms. The summed E-state index contributed by atoms with van der Waals surface area (Å²) in [5.74, 6) is -0.455. The summed E-state index contributed by atoms with van der Waals surface area (Å²) in [7, 11) is 1.32. The molecule has 0 N–H and O–H groups in total. The fraction of sp³-hybridized carbons (Fsp3) is 0.375. The van der Waals surface area contributed by atoms with Crippen LogP contribution in [0, 0.1) is 0 Å². The van der Waals surface area contributed by atoms with E-state index in [0.717, 1.165) is 30.5 Å². The Morgan fingerprint density at radius 2 is 2.00 bits per heavy atom. The van der Waals surface area contributed by atoms with E-state index >= 15 is 0 Å². The Kier molecular flexibility index (Phi) is 5.35. The van der Waals surface area contributed by atoms with Crippen LogP contribution in [0.15, 0.2) is 41.8 Å². The van der Waals surface area contributed by atoms with E-state index in [2.05, 4.69) is 28.1 Å². The van der Waals surface area contributed by atoms with Crippen LogP contribution in [0.4, 0.5) is 0 Å². The summed E-state index contributed by atoms with van der Waals surface area (Å²) in [5, 5.41) is 4.15. The molecule has 0 aliphatic heterocycles. The average molecular weight is 273 g/mol. The standard InChI is InChI=1S/C16H19NO3/c1-19-16(18)11-12-20-17-15-10-4-2-3-7-13-8-5-6-9-14(13)15/h5-6,8-9,11-12H,2-4,7,10H2,1H3. The van der Waals surface area contributed by atoms with Crippen LogP contribution in [0.1, 0.15) is 36.8 Å². The SMILES string of the molecule is COC(=O)C=CON=C1CCCCCc2ccccc21. The number of nitrogens with zero attached hydrogens (tertiary/aromatic N) is 1. The number of hydrogen-bond acceptors (Lipinski definition) is 4. The van der Waals surface area contributed by atoms with Gasteiger partial charge in [0.05, 0.1) is 18.9 Å². The summed E-state index contributed by atoms with van der Waals surface area (Å²) in [6, 6.07) is 8.28. The molecular weight excluding hydrogens is 254 g/mol. The number of oxime groups is 1. The van der Waals surface area contributed by atoms with Gasteiger partial charge in [0.15, 0.2) is 0 Å². The largest absolute Gasteiger partial charge is 0.466 e. The van der Waals surface area contributed by atoms with E-state index in [0.29, 0.717) is 0 Å². The third-order valence-corrected chi connectivity index (χ3v) is 3.32. The van der Waals surface area contributed by atoms with Gasteiger partial charge in [-0.1, -0.05) is 35.8 Å². The summed E-state index contributed by atoms with van der Waals surface area (Å²) in [6.45, 7) is 0. The van der Waals surface area contributed by atoms with Crippen LogP contribution in [-0.4, -0.2) is 18.8 Å². The number of ether oxygens (including phenoxy) is 1. The lowest BCUT2D eigenvalue weighted by Gasteiger charge is -2.14. The monoisotopic (exact) mass is 273 g/mol. The van der Waals surface area contributed by atoms with Gasteiger partial charge in [-0.05, 0) is 31.2 Å². The van der Waals surface area contributed by atoms with E-state index in [1.807, 2.05) is 6.07 Å². The van der Waals surface area contributed by atoms with Crippen molar-refractivity contribution in [3.05, 3.63) is 47.7 Å². The molecule has 1 aromatic carbocycles. The first-order valence-corrected chi connectivity index (χ1v) is 6.86. The molecule has 4 heteroatoms. The number of carbonyl (C=O) groups is 1. The van der Waals surface area contributed by atoms with Crippen molar-refractivity contribution in [3.63, 3.8) is 0 Å². The number of rotatable bonds is 3. The zero-order chi connectivity index (χ0) is 14.2. The lowest BCUT2D eigenvalue weighted by Crippen LogP contribution is -2.08. The van der Waals surface area contributed by atoms with E-state index in [1.165, 1.54) is 37.9 Å². The first-order chi connectivity index (χ1) is 9.81. The lowest BCUT2D eigenvalue weighted by molar-refractivity contribution is -0.135. The van der Waals surface area contributed by atoms with Crippen molar-refractivity contribution in [3.8, 4) is 0 Å². The van der Waals surface area contributed by atoms with Gasteiger partial charge in [-0.2, -0.15) is 0 Å². The quantitative estimate of drug-likeness (QED) is 0.368. The molecule has 0 radical (unpaired) electrons. The van der Waals surface area contributed by atoms with E-state index in [4.69, 9.17) is 4.84 Å². The highest BCUT2D eigenvalue weighted by Crippen LogP contribution is 2.20. The highest BCUT2D eigenvalue weighted by atomic mass is 16.6. The first kappa shape index (κ1) is 14.3. The first-order valence-electron chi connectivity index (χ1n) is 6.86. The molecule has 20 heavy (non-hydrogen) atoms. The minimum absolute atomic E-state index is 0.455. The molecule has 0 saturated heterocycles. The van der Waals surface area contributed by atoms with Gasteiger partial charge in [-0.15, -0.1) is 0 Å². The van der Waals surface area contributed by atoms with Gasteiger partial charge < -0.3 is 9.57 Å². The molecule has 1 aliphatic carbocycles. The predicted octanol–water partition coefficient (Wildman–Crippen LogP) is 3.21. The molecule has 2 rings (SSSR count). The van der Waals surface area contributed by atoms with Gasteiger partial charge in [-0.3, -0.25) is 0 Å². The van der Waals surface area contributed by atoms with Crippen LogP contribution in [0.25, 0.3) is 0 Å². The molecule has 106 valence electrons. The van der Waals surface area contributed by atoms with Crippen molar-refractivity contribution in [1.82, 2.24) is 0 Å². The maximum atomic E-state index is 10.9. The third-order valence-electron chi connectivity index (χ3n) is 3.32. The Bertz CT molecular complexity index is 520. The van der Waals surface area contributed by atoms with Crippen molar-refractivity contribution < 1.29 is 14.4 Å².